The zero-order valence-electron chi connectivity index (χ0n) is 12.0. The molecule has 0 spiro atoms. The molecule has 1 atom stereocenters. The van der Waals surface area contributed by atoms with Gasteiger partial charge in [0.1, 0.15) is 17.3 Å². The van der Waals surface area contributed by atoms with Gasteiger partial charge < -0.3 is 20.4 Å². The highest BCUT2D eigenvalue weighted by atomic mass is 19.1. The number of benzene rings is 1. The summed E-state index contributed by atoms with van der Waals surface area (Å²) in [5, 5.41) is 12.1. The minimum atomic E-state index is -0.765. The molecule has 0 unspecified atom stereocenters. The van der Waals surface area contributed by atoms with E-state index in [1.807, 2.05) is 0 Å². The molecule has 1 aromatic carbocycles. The van der Waals surface area contributed by atoms with Gasteiger partial charge in [-0.2, -0.15) is 0 Å². The van der Waals surface area contributed by atoms with Crippen LogP contribution in [0.25, 0.3) is 0 Å². The molecule has 8 heteroatoms. The summed E-state index contributed by atoms with van der Waals surface area (Å²) in [7, 11) is 0. The predicted octanol–water partition coefficient (Wildman–Crippen LogP) is 1.22. The molecule has 1 saturated carbocycles. The van der Waals surface area contributed by atoms with E-state index in [4.69, 9.17) is 0 Å². The number of H-pyrrole nitrogens is 2. The van der Waals surface area contributed by atoms with Crippen molar-refractivity contribution in [2.45, 2.75) is 25.0 Å². The number of aliphatic hydroxyl groups is 1. The zero-order chi connectivity index (χ0) is 16.6. The first-order chi connectivity index (χ1) is 10.9. The molecule has 1 aliphatic carbocycles. The van der Waals surface area contributed by atoms with E-state index < -0.39 is 35.4 Å². The third-order valence-corrected chi connectivity index (χ3v) is 4.05. The van der Waals surface area contributed by atoms with Gasteiger partial charge in [0.2, 0.25) is 0 Å². The van der Waals surface area contributed by atoms with Crippen molar-refractivity contribution in [3.05, 3.63) is 57.8 Å². The van der Waals surface area contributed by atoms with Gasteiger partial charge in [0.05, 0.1) is 12.1 Å². The van der Waals surface area contributed by atoms with Crippen LogP contribution in [0.1, 0.15) is 34.9 Å². The number of rotatable bonds is 4. The second-order valence-electron chi connectivity index (χ2n) is 5.66. The van der Waals surface area contributed by atoms with Gasteiger partial charge in [-0.3, -0.25) is 4.79 Å². The number of amides is 1. The fraction of sp³-hybridized carbons (Fsp3) is 0.333. The largest absolute Gasteiger partial charge is 0.393 e. The first-order valence-electron chi connectivity index (χ1n) is 7.15. The second-order valence-corrected chi connectivity index (χ2v) is 5.66. The molecule has 23 heavy (non-hydrogen) atoms. The van der Waals surface area contributed by atoms with Crippen LogP contribution in [-0.2, 0) is 0 Å². The maximum Gasteiger partial charge on any atom is 0.323 e. The summed E-state index contributed by atoms with van der Waals surface area (Å²) in [4.78, 5) is 27.9. The van der Waals surface area contributed by atoms with Crippen LogP contribution < -0.4 is 11.0 Å². The van der Waals surface area contributed by atoms with Crippen molar-refractivity contribution in [1.82, 2.24) is 15.3 Å². The van der Waals surface area contributed by atoms with Crippen LogP contribution in [-0.4, -0.2) is 27.1 Å². The number of aromatic amines is 2. The number of nitrogens with one attached hydrogen (secondary N) is 3. The van der Waals surface area contributed by atoms with Crippen molar-refractivity contribution in [3.63, 3.8) is 0 Å². The molecule has 1 aliphatic rings. The summed E-state index contributed by atoms with van der Waals surface area (Å²) >= 11 is 0. The lowest BCUT2D eigenvalue weighted by Crippen LogP contribution is -2.42. The maximum atomic E-state index is 14.1. The van der Waals surface area contributed by atoms with Gasteiger partial charge in [0.15, 0.2) is 0 Å². The normalized spacial score (nSPS) is 21.5. The Morgan fingerprint density at radius 2 is 2.09 bits per heavy atom. The summed E-state index contributed by atoms with van der Waals surface area (Å²) in [6.07, 6.45) is 1.54. The monoisotopic (exact) mass is 323 g/mol. The number of hydrogen-bond donors (Lipinski definition) is 4. The van der Waals surface area contributed by atoms with E-state index in [9.17, 15) is 23.5 Å². The summed E-state index contributed by atoms with van der Waals surface area (Å²) in [6, 6.07) is 2.43. The van der Waals surface area contributed by atoms with Crippen LogP contribution in [0.4, 0.5) is 8.78 Å². The molecular formula is C15H15F2N3O3. The topological polar surface area (TPSA) is 98.0 Å². The Morgan fingerprint density at radius 3 is 2.65 bits per heavy atom. The van der Waals surface area contributed by atoms with Gasteiger partial charge in [0, 0.05) is 17.8 Å². The van der Waals surface area contributed by atoms with E-state index in [-0.39, 0.29) is 17.2 Å². The minimum absolute atomic E-state index is 0.0161. The first kappa shape index (κ1) is 15.4. The Labute approximate surface area is 129 Å². The molecule has 0 bridgehead atoms. The molecule has 0 saturated heterocycles. The van der Waals surface area contributed by atoms with E-state index in [2.05, 4.69) is 15.3 Å². The summed E-state index contributed by atoms with van der Waals surface area (Å²) in [6.45, 7) is 0. The number of halogens is 2. The predicted molar refractivity (Wildman–Crippen MR) is 76.7 cm³/mol. The van der Waals surface area contributed by atoms with Crippen LogP contribution in [0, 0.1) is 17.6 Å². The van der Waals surface area contributed by atoms with Crippen LogP contribution in [0.15, 0.2) is 29.2 Å². The van der Waals surface area contributed by atoms with Crippen LogP contribution in [0.2, 0.25) is 0 Å². The molecule has 0 aliphatic heterocycles. The molecule has 0 radical (unpaired) electrons. The van der Waals surface area contributed by atoms with E-state index in [0.717, 1.165) is 12.1 Å². The molecule has 1 aromatic heterocycles. The Balaban J connectivity index is 1.86. The molecule has 4 N–H and O–H groups in total. The third-order valence-electron chi connectivity index (χ3n) is 4.05. The molecule has 1 amide bonds. The Bertz CT molecular complexity index is 780. The smallest absolute Gasteiger partial charge is 0.323 e. The lowest BCUT2D eigenvalue weighted by atomic mass is 9.75. The SMILES string of the molecule is O=C(N[C@H](c1ccc(F)cc1F)C1CC(O)C1)c1c[nH]c(=O)[nH]1. The highest BCUT2D eigenvalue weighted by molar-refractivity contribution is 5.92. The average Bonchev–Trinajstić information content (AvgIpc) is 2.89. The lowest BCUT2D eigenvalue weighted by Gasteiger charge is -2.38. The molecule has 122 valence electrons. The number of hydrogen-bond acceptors (Lipinski definition) is 3. The molecule has 1 heterocycles. The van der Waals surface area contributed by atoms with E-state index in [1.54, 1.807) is 0 Å². The number of carbonyl (C=O) groups excluding carboxylic acids is 1. The number of aliphatic hydroxyl groups excluding tert-OH is 1. The Hall–Kier alpha value is -2.48. The van der Waals surface area contributed by atoms with Gasteiger partial charge in [-0.1, -0.05) is 6.07 Å². The number of carbonyl (C=O) groups is 1. The molecule has 1 fully saturated rings. The molecule has 6 nitrogen and oxygen atoms in total. The standard InChI is InChI=1S/C15H15F2N3O3/c16-8-1-2-10(11(17)5-8)13(7-3-9(21)4-7)20-14(22)12-6-18-15(23)19-12/h1-2,5-7,9,13,21H,3-4H2,(H,20,22)(H2,18,19,23)/t7?,9?,13-/m0/s1. The van der Waals surface area contributed by atoms with Gasteiger partial charge in [0.25, 0.3) is 5.91 Å². The van der Waals surface area contributed by atoms with E-state index in [0.29, 0.717) is 12.8 Å². The number of imidazole rings is 1. The first-order valence-corrected chi connectivity index (χ1v) is 7.15. The number of aromatic nitrogens is 2. The van der Waals surface area contributed by atoms with Crippen molar-refractivity contribution in [2.24, 2.45) is 5.92 Å². The second kappa shape index (κ2) is 5.96. The van der Waals surface area contributed by atoms with Crippen LogP contribution in [0.3, 0.4) is 0 Å². The summed E-state index contributed by atoms with van der Waals surface area (Å²) in [5.74, 6) is -2.22. The van der Waals surface area contributed by atoms with Crippen molar-refractivity contribution in [3.8, 4) is 0 Å². The summed E-state index contributed by atoms with van der Waals surface area (Å²) < 4.78 is 27.1. The van der Waals surface area contributed by atoms with Crippen molar-refractivity contribution in [2.75, 3.05) is 0 Å². The van der Waals surface area contributed by atoms with Crippen LogP contribution in [0.5, 0.6) is 0 Å². The fourth-order valence-electron chi connectivity index (χ4n) is 2.78. The Morgan fingerprint density at radius 1 is 1.35 bits per heavy atom. The minimum Gasteiger partial charge on any atom is -0.393 e. The van der Waals surface area contributed by atoms with Crippen LogP contribution >= 0.6 is 0 Å². The molecule has 2 aromatic rings. The quantitative estimate of drug-likeness (QED) is 0.681. The van der Waals surface area contributed by atoms with Crippen molar-refractivity contribution < 1.29 is 18.7 Å². The highest BCUT2D eigenvalue weighted by Crippen LogP contribution is 2.39. The fourth-order valence-corrected chi connectivity index (χ4v) is 2.78. The highest BCUT2D eigenvalue weighted by Gasteiger charge is 2.37. The van der Waals surface area contributed by atoms with Gasteiger partial charge in [-0.25, -0.2) is 13.6 Å². The van der Waals surface area contributed by atoms with E-state index >= 15 is 0 Å². The Kier molecular flexibility index (Phi) is 3.99. The van der Waals surface area contributed by atoms with Gasteiger partial charge >= 0.3 is 5.69 Å². The average molecular weight is 323 g/mol. The lowest BCUT2D eigenvalue weighted by molar-refractivity contribution is 0.0228. The molecular weight excluding hydrogens is 308 g/mol. The third kappa shape index (κ3) is 3.16. The molecule has 3 rings (SSSR count). The van der Waals surface area contributed by atoms with Crippen molar-refractivity contribution in [1.29, 1.82) is 0 Å². The maximum absolute atomic E-state index is 14.1. The van der Waals surface area contributed by atoms with Gasteiger partial charge in [-0.15, -0.1) is 0 Å². The zero-order valence-corrected chi connectivity index (χ0v) is 12.0. The van der Waals surface area contributed by atoms with E-state index in [1.165, 1.54) is 12.3 Å². The summed E-state index contributed by atoms with van der Waals surface area (Å²) in [5.41, 5.74) is -0.365. The van der Waals surface area contributed by atoms with Crippen molar-refractivity contribution >= 4 is 5.91 Å². The van der Waals surface area contributed by atoms with Gasteiger partial charge in [-0.05, 0) is 24.8 Å².